The molecule has 0 bridgehead atoms. The second-order valence-electron chi connectivity index (χ2n) is 7.51. The van der Waals surface area contributed by atoms with Gasteiger partial charge in [-0.05, 0) is 50.3 Å². The number of aryl methyl sites for hydroxylation is 5. The third kappa shape index (κ3) is 5.69. The summed E-state index contributed by atoms with van der Waals surface area (Å²) in [6.07, 6.45) is 1.74. The molecule has 0 fully saturated rings. The molecule has 1 heterocycles. The highest BCUT2D eigenvalue weighted by atomic mass is 16.4. The van der Waals surface area contributed by atoms with E-state index in [-0.39, 0.29) is 30.0 Å². The number of carboxylic acid groups (broad SMARTS) is 1. The third-order valence-electron chi connectivity index (χ3n) is 5.04. The summed E-state index contributed by atoms with van der Waals surface area (Å²) in [6, 6.07) is 13.6. The minimum absolute atomic E-state index is 0.0232. The van der Waals surface area contributed by atoms with Crippen molar-refractivity contribution in [2.24, 2.45) is 10.2 Å². The topological polar surface area (TPSA) is 120 Å². The Balaban J connectivity index is 1.73. The number of aromatic hydroxyl groups is 1. The molecule has 0 saturated carbocycles. The number of aromatic amines is 1. The summed E-state index contributed by atoms with van der Waals surface area (Å²) in [5.74, 6) is -0.859. The van der Waals surface area contributed by atoms with Crippen LogP contribution < -0.4 is 5.56 Å². The van der Waals surface area contributed by atoms with Crippen molar-refractivity contribution >= 4 is 17.3 Å². The average Bonchev–Trinajstić information content (AvgIpc) is 3.00. The fourth-order valence-electron chi connectivity index (χ4n) is 3.26. The minimum atomic E-state index is -0.908. The number of azo groups is 1. The van der Waals surface area contributed by atoms with Crippen LogP contribution in [0.15, 0.2) is 57.5 Å². The smallest absolute Gasteiger partial charge is 0.303 e. The van der Waals surface area contributed by atoms with Crippen LogP contribution in [0.4, 0.5) is 11.4 Å². The van der Waals surface area contributed by atoms with Gasteiger partial charge in [-0.2, -0.15) is 0 Å². The predicted molar refractivity (Wildman–Crippen MR) is 118 cm³/mol. The first-order valence-corrected chi connectivity index (χ1v) is 10.1. The monoisotopic (exact) mass is 422 g/mol. The van der Waals surface area contributed by atoms with Gasteiger partial charge in [-0.1, -0.05) is 42.0 Å². The number of benzene rings is 2. The molecule has 2 aromatic carbocycles. The van der Waals surface area contributed by atoms with Gasteiger partial charge in [-0.25, -0.2) is 0 Å². The van der Waals surface area contributed by atoms with E-state index in [0.717, 1.165) is 12.0 Å². The molecule has 0 saturated heterocycles. The Labute approximate surface area is 179 Å². The quantitative estimate of drug-likeness (QED) is 0.438. The van der Waals surface area contributed by atoms with E-state index < -0.39 is 5.97 Å². The summed E-state index contributed by atoms with van der Waals surface area (Å²) in [5, 5.41) is 30.4. The standard InChI is InChI=1S/C23H26N4O4/c1-15-8-10-17(11-9-15)12-13-18-5-3-6-19(22(18)30)24-25-21-16(2)26-27(23(21)31)14-4-7-20(28)29/h3,5-6,8-11,26,30H,4,7,12-14H2,1-2H3,(H,28,29). The Bertz CT molecular complexity index is 1140. The fourth-order valence-corrected chi connectivity index (χ4v) is 3.26. The molecule has 1 aromatic heterocycles. The number of phenols is 1. The largest absolute Gasteiger partial charge is 0.505 e. The van der Waals surface area contributed by atoms with E-state index >= 15 is 0 Å². The number of rotatable bonds is 9. The van der Waals surface area contributed by atoms with Gasteiger partial charge in [0.15, 0.2) is 5.69 Å². The number of carboxylic acids is 1. The molecule has 162 valence electrons. The van der Waals surface area contributed by atoms with E-state index in [9.17, 15) is 14.7 Å². The fraction of sp³-hybridized carbons (Fsp3) is 0.304. The molecule has 0 aliphatic heterocycles. The minimum Gasteiger partial charge on any atom is -0.505 e. The Morgan fingerprint density at radius 1 is 1.06 bits per heavy atom. The second kappa shape index (κ2) is 9.88. The van der Waals surface area contributed by atoms with Crippen LogP contribution in [-0.4, -0.2) is 26.0 Å². The lowest BCUT2D eigenvalue weighted by Gasteiger charge is -2.07. The third-order valence-corrected chi connectivity index (χ3v) is 5.04. The summed E-state index contributed by atoms with van der Waals surface area (Å²) in [7, 11) is 0. The molecule has 0 aliphatic carbocycles. The molecule has 0 atom stereocenters. The molecule has 0 aliphatic rings. The average molecular weight is 422 g/mol. The maximum absolute atomic E-state index is 12.5. The lowest BCUT2D eigenvalue weighted by molar-refractivity contribution is -0.137. The molecule has 3 aromatic rings. The highest BCUT2D eigenvalue weighted by molar-refractivity contribution is 5.66. The van der Waals surface area contributed by atoms with E-state index in [4.69, 9.17) is 5.11 Å². The first kappa shape index (κ1) is 22.0. The van der Waals surface area contributed by atoms with Gasteiger partial charge in [-0.3, -0.25) is 19.4 Å². The number of aliphatic carboxylic acids is 1. The van der Waals surface area contributed by atoms with Crippen molar-refractivity contribution in [3.8, 4) is 5.75 Å². The zero-order valence-corrected chi connectivity index (χ0v) is 17.6. The molecule has 8 heteroatoms. The number of nitrogens with one attached hydrogen (secondary N) is 1. The number of hydrogen-bond acceptors (Lipinski definition) is 5. The van der Waals surface area contributed by atoms with E-state index in [0.29, 0.717) is 24.2 Å². The van der Waals surface area contributed by atoms with Gasteiger partial charge in [0.2, 0.25) is 0 Å². The van der Waals surface area contributed by atoms with Crippen molar-refractivity contribution < 1.29 is 15.0 Å². The maximum atomic E-state index is 12.5. The number of hydrogen-bond donors (Lipinski definition) is 3. The highest BCUT2D eigenvalue weighted by Gasteiger charge is 2.12. The van der Waals surface area contributed by atoms with Crippen molar-refractivity contribution in [1.29, 1.82) is 0 Å². The Kier molecular flexibility index (Phi) is 7.02. The highest BCUT2D eigenvalue weighted by Crippen LogP contribution is 2.32. The van der Waals surface area contributed by atoms with Gasteiger partial charge in [-0.15, -0.1) is 10.2 Å². The molecule has 0 unspecified atom stereocenters. The summed E-state index contributed by atoms with van der Waals surface area (Å²) in [5.41, 5.74) is 3.73. The van der Waals surface area contributed by atoms with E-state index in [1.54, 1.807) is 19.1 Å². The van der Waals surface area contributed by atoms with Crippen molar-refractivity contribution in [2.45, 2.75) is 46.1 Å². The Hall–Kier alpha value is -3.68. The number of para-hydroxylation sites is 1. The van der Waals surface area contributed by atoms with Crippen LogP contribution in [0, 0.1) is 13.8 Å². The molecule has 0 amide bonds. The molecule has 3 N–H and O–H groups in total. The number of H-pyrrole nitrogens is 1. The first-order valence-electron chi connectivity index (χ1n) is 10.1. The molecular formula is C23H26N4O4. The van der Waals surface area contributed by atoms with Crippen LogP contribution in [-0.2, 0) is 24.2 Å². The normalized spacial score (nSPS) is 11.3. The number of phenolic OH excluding ortho intramolecular Hbond substituents is 1. The number of nitrogens with zero attached hydrogens (tertiary/aromatic N) is 3. The summed E-state index contributed by atoms with van der Waals surface area (Å²) in [4.78, 5) is 23.1. The van der Waals surface area contributed by atoms with Crippen molar-refractivity contribution in [3.05, 3.63) is 75.2 Å². The lowest BCUT2D eigenvalue weighted by Crippen LogP contribution is -2.17. The van der Waals surface area contributed by atoms with Crippen LogP contribution in [0.25, 0.3) is 0 Å². The van der Waals surface area contributed by atoms with E-state index in [2.05, 4.69) is 39.6 Å². The zero-order chi connectivity index (χ0) is 22.4. The molecule has 31 heavy (non-hydrogen) atoms. The summed E-state index contributed by atoms with van der Waals surface area (Å²) in [6.45, 7) is 3.99. The Morgan fingerprint density at radius 2 is 1.81 bits per heavy atom. The van der Waals surface area contributed by atoms with Gasteiger partial charge in [0, 0.05) is 13.0 Å². The summed E-state index contributed by atoms with van der Waals surface area (Å²) < 4.78 is 1.32. The van der Waals surface area contributed by atoms with Crippen molar-refractivity contribution in [3.63, 3.8) is 0 Å². The first-order chi connectivity index (χ1) is 14.8. The molecule has 0 spiro atoms. The molecule has 8 nitrogen and oxygen atoms in total. The van der Waals surface area contributed by atoms with Crippen LogP contribution in [0.3, 0.4) is 0 Å². The number of aromatic nitrogens is 2. The molecule has 3 rings (SSSR count). The maximum Gasteiger partial charge on any atom is 0.303 e. The van der Waals surface area contributed by atoms with Gasteiger partial charge >= 0.3 is 5.97 Å². The van der Waals surface area contributed by atoms with Gasteiger partial charge in [0.1, 0.15) is 11.4 Å². The molecular weight excluding hydrogens is 396 g/mol. The van der Waals surface area contributed by atoms with Crippen LogP contribution in [0.5, 0.6) is 5.75 Å². The van der Waals surface area contributed by atoms with Gasteiger partial charge < -0.3 is 10.2 Å². The van der Waals surface area contributed by atoms with Crippen molar-refractivity contribution in [2.75, 3.05) is 0 Å². The van der Waals surface area contributed by atoms with Crippen LogP contribution in [0.2, 0.25) is 0 Å². The van der Waals surface area contributed by atoms with E-state index in [1.165, 1.54) is 15.8 Å². The van der Waals surface area contributed by atoms with Crippen LogP contribution >= 0.6 is 0 Å². The number of carbonyl (C=O) groups is 1. The summed E-state index contributed by atoms with van der Waals surface area (Å²) >= 11 is 0. The van der Waals surface area contributed by atoms with E-state index in [1.807, 2.05) is 13.0 Å². The lowest BCUT2D eigenvalue weighted by atomic mass is 10.0. The zero-order valence-electron chi connectivity index (χ0n) is 17.6. The predicted octanol–water partition coefficient (Wildman–Crippen LogP) is 4.56. The molecule has 0 radical (unpaired) electrons. The van der Waals surface area contributed by atoms with Crippen LogP contribution in [0.1, 0.15) is 35.2 Å². The van der Waals surface area contributed by atoms with Crippen molar-refractivity contribution in [1.82, 2.24) is 9.78 Å². The van der Waals surface area contributed by atoms with Gasteiger partial charge in [0.05, 0.1) is 5.69 Å². The SMILES string of the molecule is Cc1ccc(CCc2cccc(N=Nc3c(C)[nH]n(CCCC(=O)O)c3=O)c2O)cc1. The Morgan fingerprint density at radius 3 is 2.52 bits per heavy atom. The second-order valence-corrected chi connectivity index (χ2v) is 7.51. The van der Waals surface area contributed by atoms with Gasteiger partial charge in [0.25, 0.3) is 5.56 Å².